The van der Waals surface area contributed by atoms with Gasteiger partial charge in [0.2, 0.25) is 5.91 Å². The van der Waals surface area contributed by atoms with E-state index in [-0.39, 0.29) is 11.8 Å². The smallest absolute Gasteiger partial charge is 0.298 e. The predicted octanol–water partition coefficient (Wildman–Crippen LogP) is 3.37. The van der Waals surface area contributed by atoms with Gasteiger partial charge in [0.15, 0.2) is 5.58 Å². The molecule has 6 nitrogen and oxygen atoms in total. The number of fused-ring (bicyclic) bond motifs is 1. The second kappa shape index (κ2) is 7.70. The fourth-order valence-electron chi connectivity index (χ4n) is 3.44. The van der Waals surface area contributed by atoms with E-state index in [1.165, 1.54) is 0 Å². The van der Waals surface area contributed by atoms with Crippen LogP contribution in [0, 0.1) is 5.92 Å². The molecule has 0 atom stereocenters. The van der Waals surface area contributed by atoms with E-state index in [0.29, 0.717) is 12.6 Å². The van der Waals surface area contributed by atoms with Crippen LogP contribution < -0.4 is 15.0 Å². The van der Waals surface area contributed by atoms with Crippen LogP contribution in [-0.2, 0) is 11.3 Å². The minimum absolute atomic E-state index is 0.0243. The van der Waals surface area contributed by atoms with Gasteiger partial charge in [-0.25, -0.2) is 0 Å². The molecule has 0 aliphatic carbocycles. The summed E-state index contributed by atoms with van der Waals surface area (Å²) in [7, 11) is 1.64. The molecule has 2 heterocycles. The number of nitrogens with zero attached hydrogens (tertiary/aromatic N) is 2. The summed E-state index contributed by atoms with van der Waals surface area (Å²) < 4.78 is 11.1. The standard InChI is InChI=1S/C21H23N3O3/c1-26-17-6-4-5-15(13-17)14-22-20(25)16-9-11-24(12-10-16)21-23-18-7-2-3-8-19(18)27-21/h2-8,13,16H,9-12,14H2,1H3,(H,22,25). The van der Waals surface area contributed by atoms with Crippen LogP contribution in [0.1, 0.15) is 18.4 Å². The van der Waals surface area contributed by atoms with Crippen molar-refractivity contribution < 1.29 is 13.9 Å². The molecule has 3 aromatic rings. The number of anilines is 1. The number of benzene rings is 2. The van der Waals surface area contributed by atoms with Crippen molar-refractivity contribution in [2.24, 2.45) is 5.92 Å². The zero-order valence-corrected chi connectivity index (χ0v) is 15.4. The van der Waals surface area contributed by atoms with Gasteiger partial charge in [-0.3, -0.25) is 4.79 Å². The molecule has 1 aliphatic rings. The third-order valence-electron chi connectivity index (χ3n) is 5.02. The van der Waals surface area contributed by atoms with Gasteiger partial charge in [-0.05, 0) is 42.7 Å². The Morgan fingerprint density at radius 2 is 2.04 bits per heavy atom. The van der Waals surface area contributed by atoms with Gasteiger partial charge in [-0.1, -0.05) is 24.3 Å². The number of rotatable bonds is 5. The molecule has 2 aromatic carbocycles. The van der Waals surface area contributed by atoms with Crippen molar-refractivity contribution in [3.63, 3.8) is 0 Å². The normalized spacial score (nSPS) is 15.1. The Morgan fingerprint density at radius 3 is 2.81 bits per heavy atom. The summed E-state index contributed by atoms with van der Waals surface area (Å²) in [5, 5.41) is 3.04. The maximum Gasteiger partial charge on any atom is 0.298 e. The van der Waals surface area contributed by atoms with Crippen LogP contribution in [0.4, 0.5) is 6.01 Å². The second-order valence-electron chi connectivity index (χ2n) is 6.79. The van der Waals surface area contributed by atoms with E-state index < -0.39 is 0 Å². The number of carbonyl (C=O) groups is 1. The van der Waals surface area contributed by atoms with E-state index in [9.17, 15) is 4.79 Å². The van der Waals surface area contributed by atoms with Crippen molar-refractivity contribution in [3.05, 3.63) is 54.1 Å². The van der Waals surface area contributed by atoms with Gasteiger partial charge in [0.1, 0.15) is 11.3 Å². The molecule has 1 saturated heterocycles. The van der Waals surface area contributed by atoms with E-state index in [1.54, 1.807) is 7.11 Å². The summed E-state index contributed by atoms with van der Waals surface area (Å²) in [6, 6.07) is 16.2. The lowest BCUT2D eigenvalue weighted by Gasteiger charge is -2.30. The molecule has 0 bridgehead atoms. The van der Waals surface area contributed by atoms with Crippen molar-refractivity contribution in [1.29, 1.82) is 0 Å². The van der Waals surface area contributed by atoms with E-state index >= 15 is 0 Å². The number of para-hydroxylation sites is 2. The maximum absolute atomic E-state index is 12.5. The Hall–Kier alpha value is -3.02. The number of nitrogens with one attached hydrogen (secondary N) is 1. The number of methoxy groups -OCH3 is 1. The van der Waals surface area contributed by atoms with E-state index in [4.69, 9.17) is 9.15 Å². The molecule has 1 fully saturated rings. The van der Waals surface area contributed by atoms with Gasteiger partial charge >= 0.3 is 0 Å². The highest BCUT2D eigenvalue weighted by Crippen LogP contribution is 2.26. The number of hydrogen-bond acceptors (Lipinski definition) is 5. The first-order valence-corrected chi connectivity index (χ1v) is 9.24. The third kappa shape index (κ3) is 3.89. The van der Waals surface area contributed by atoms with Crippen LogP contribution in [0.3, 0.4) is 0 Å². The zero-order valence-electron chi connectivity index (χ0n) is 15.4. The lowest BCUT2D eigenvalue weighted by atomic mass is 9.96. The fourth-order valence-corrected chi connectivity index (χ4v) is 3.44. The Labute approximate surface area is 158 Å². The molecule has 6 heteroatoms. The molecule has 1 N–H and O–H groups in total. The highest BCUT2D eigenvalue weighted by atomic mass is 16.5. The highest BCUT2D eigenvalue weighted by molar-refractivity contribution is 5.79. The Morgan fingerprint density at radius 1 is 1.22 bits per heavy atom. The van der Waals surface area contributed by atoms with E-state index in [1.807, 2.05) is 48.5 Å². The van der Waals surface area contributed by atoms with Crippen molar-refractivity contribution in [2.75, 3.05) is 25.1 Å². The monoisotopic (exact) mass is 365 g/mol. The molecule has 1 aromatic heterocycles. The molecule has 0 saturated carbocycles. The minimum Gasteiger partial charge on any atom is -0.497 e. The average Bonchev–Trinajstić information content (AvgIpc) is 3.16. The molecule has 140 valence electrons. The first-order chi connectivity index (χ1) is 13.2. The second-order valence-corrected chi connectivity index (χ2v) is 6.79. The molecule has 1 aliphatic heterocycles. The third-order valence-corrected chi connectivity index (χ3v) is 5.02. The zero-order chi connectivity index (χ0) is 18.6. The van der Waals surface area contributed by atoms with Crippen LogP contribution in [0.2, 0.25) is 0 Å². The molecule has 0 unspecified atom stereocenters. The van der Waals surface area contributed by atoms with Gasteiger partial charge < -0.3 is 19.4 Å². The lowest BCUT2D eigenvalue weighted by molar-refractivity contribution is -0.125. The summed E-state index contributed by atoms with van der Waals surface area (Å²) >= 11 is 0. The van der Waals surface area contributed by atoms with Gasteiger partial charge in [-0.15, -0.1) is 0 Å². The van der Waals surface area contributed by atoms with Crippen molar-refractivity contribution >= 4 is 23.0 Å². The van der Waals surface area contributed by atoms with Gasteiger partial charge in [0, 0.05) is 25.6 Å². The number of piperidine rings is 1. The summed E-state index contributed by atoms with van der Waals surface area (Å²) in [5.41, 5.74) is 2.70. The fraction of sp³-hybridized carbons (Fsp3) is 0.333. The number of ether oxygens (including phenoxy) is 1. The van der Waals surface area contributed by atoms with Gasteiger partial charge in [-0.2, -0.15) is 4.98 Å². The molecule has 0 radical (unpaired) electrons. The first-order valence-electron chi connectivity index (χ1n) is 9.24. The lowest BCUT2D eigenvalue weighted by Crippen LogP contribution is -2.40. The van der Waals surface area contributed by atoms with Crippen LogP contribution in [0.5, 0.6) is 5.75 Å². The summed E-state index contributed by atoms with van der Waals surface area (Å²) in [4.78, 5) is 19.2. The Balaban J connectivity index is 1.31. The van der Waals surface area contributed by atoms with E-state index in [2.05, 4.69) is 15.2 Å². The van der Waals surface area contributed by atoms with Crippen molar-refractivity contribution in [1.82, 2.24) is 10.3 Å². The molecule has 4 rings (SSSR count). The summed E-state index contributed by atoms with van der Waals surface area (Å²) in [6.07, 6.45) is 1.59. The number of amides is 1. The van der Waals surface area contributed by atoms with E-state index in [0.717, 1.165) is 48.3 Å². The number of hydrogen-bond donors (Lipinski definition) is 1. The average molecular weight is 365 g/mol. The van der Waals surface area contributed by atoms with Crippen LogP contribution >= 0.6 is 0 Å². The molecule has 0 spiro atoms. The number of oxazole rings is 1. The van der Waals surface area contributed by atoms with Gasteiger partial charge in [0.05, 0.1) is 7.11 Å². The summed E-state index contributed by atoms with van der Waals surface area (Å²) in [6.45, 7) is 2.05. The number of aromatic nitrogens is 1. The van der Waals surface area contributed by atoms with Crippen LogP contribution in [-0.4, -0.2) is 31.1 Å². The van der Waals surface area contributed by atoms with Crippen molar-refractivity contribution in [3.8, 4) is 5.75 Å². The Bertz CT molecular complexity index is 896. The highest BCUT2D eigenvalue weighted by Gasteiger charge is 2.27. The molecule has 27 heavy (non-hydrogen) atoms. The topological polar surface area (TPSA) is 67.6 Å². The summed E-state index contributed by atoms with van der Waals surface area (Å²) in [5.74, 6) is 0.930. The van der Waals surface area contributed by atoms with Crippen molar-refractivity contribution in [2.45, 2.75) is 19.4 Å². The van der Waals surface area contributed by atoms with Crippen LogP contribution in [0.15, 0.2) is 52.9 Å². The largest absolute Gasteiger partial charge is 0.497 e. The molecular weight excluding hydrogens is 342 g/mol. The van der Waals surface area contributed by atoms with Gasteiger partial charge in [0.25, 0.3) is 6.01 Å². The quantitative estimate of drug-likeness (QED) is 0.751. The predicted molar refractivity (Wildman–Crippen MR) is 104 cm³/mol. The first kappa shape index (κ1) is 17.4. The maximum atomic E-state index is 12.5. The molecule has 1 amide bonds. The SMILES string of the molecule is COc1cccc(CNC(=O)C2CCN(c3nc4ccccc4o3)CC2)c1. The minimum atomic E-state index is 0.0243. The molecular formula is C21H23N3O3. The number of carbonyl (C=O) groups excluding carboxylic acids is 1. The van der Waals surface area contributed by atoms with Crippen LogP contribution in [0.25, 0.3) is 11.1 Å². The Kier molecular flexibility index (Phi) is 4.96.